The van der Waals surface area contributed by atoms with Gasteiger partial charge in [0.25, 0.3) is 0 Å². The molecule has 1 saturated carbocycles. The van der Waals surface area contributed by atoms with Crippen LogP contribution in [0.15, 0.2) is 0 Å². The van der Waals surface area contributed by atoms with Crippen molar-refractivity contribution in [2.45, 2.75) is 64.8 Å². The Hall–Kier alpha value is -0.480. The van der Waals surface area contributed by atoms with Crippen LogP contribution in [0.2, 0.25) is 0 Å². The van der Waals surface area contributed by atoms with Crippen molar-refractivity contribution >= 4 is 0 Å². The van der Waals surface area contributed by atoms with Crippen molar-refractivity contribution in [2.75, 3.05) is 6.54 Å². The lowest BCUT2D eigenvalue weighted by molar-refractivity contribution is 0.391. The molecule has 0 amide bonds. The Morgan fingerprint density at radius 2 is 2.07 bits per heavy atom. The molecule has 1 unspecified atom stereocenters. The van der Waals surface area contributed by atoms with E-state index in [0.717, 1.165) is 18.9 Å². The van der Waals surface area contributed by atoms with Crippen LogP contribution in [-0.4, -0.2) is 12.6 Å². The first-order chi connectivity index (χ1) is 7.36. The lowest BCUT2D eigenvalue weighted by Gasteiger charge is -2.19. The van der Waals surface area contributed by atoms with E-state index >= 15 is 0 Å². The van der Waals surface area contributed by atoms with Gasteiger partial charge in [-0.1, -0.05) is 32.6 Å². The zero-order valence-electron chi connectivity index (χ0n) is 10.3. The summed E-state index contributed by atoms with van der Waals surface area (Å²) in [6.45, 7) is 5.31. The van der Waals surface area contributed by atoms with Crippen LogP contribution in [0.5, 0.6) is 0 Å². The van der Waals surface area contributed by atoms with E-state index in [0.29, 0.717) is 6.04 Å². The molecule has 1 nitrogen and oxygen atoms in total. The van der Waals surface area contributed by atoms with Crippen LogP contribution in [0.4, 0.5) is 0 Å². The molecule has 15 heavy (non-hydrogen) atoms. The maximum Gasteiger partial charge on any atom is 0.0243 e. The third kappa shape index (κ3) is 5.23. The second-order valence-electron chi connectivity index (χ2n) is 4.67. The lowest BCUT2D eigenvalue weighted by atomic mass is 9.96. The van der Waals surface area contributed by atoms with E-state index in [1.165, 1.54) is 38.5 Å². The molecule has 0 heterocycles. The van der Waals surface area contributed by atoms with Crippen LogP contribution in [0.25, 0.3) is 0 Å². The van der Waals surface area contributed by atoms with Gasteiger partial charge in [0.1, 0.15) is 0 Å². The normalized spacial score (nSPS) is 18.5. The molecule has 0 saturated heterocycles. The minimum Gasteiger partial charge on any atom is -0.313 e. The standard InChI is InChI=1S/C14H25N/c1-3-5-10-14(15-11-4-2)12-13-8-6-7-9-13/h13-15H,4,6-12H2,1-2H3. The van der Waals surface area contributed by atoms with Gasteiger partial charge in [-0.25, -0.2) is 0 Å². The highest BCUT2D eigenvalue weighted by molar-refractivity contribution is 4.98. The summed E-state index contributed by atoms with van der Waals surface area (Å²) in [5.41, 5.74) is 0. The average molecular weight is 207 g/mol. The SMILES string of the molecule is CC#CCC(CC1CCCC1)NCCC. The lowest BCUT2D eigenvalue weighted by Crippen LogP contribution is -2.31. The quantitative estimate of drug-likeness (QED) is 0.659. The first kappa shape index (κ1) is 12.6. The zero-order chi connectivity index (χ0) is 10.9. The van der Waals surface area contributed by atoms with Crippen molar-refractivity contribution in [1.29, 1.82) is 0 Å². The van der Waals surface area contributed by atoms with E-state index < -0.39 is 0 Å². The molecular weight excluding hydrogens is 182 g/mol. The van der Waals surface area contributed by atoms with Crippen molar-refractivity contribution in [3.05, 3.63) is 0 Å². The van der Waals surface area contributed by atoms with Gasteiger partial charge in [0.05, 0.1) is 0 Å². The number of rotatable bonds is 6. The molecule has 1 N–H and O–H groups in total. The maximum absolute atomic E-state index is 3.63. The van der Waals surface area contributed by atoms with Crippen molar-refractivity contribution in [3.63, 3.8) is 0 Å². The van der Waals surface area contributed by atoms with Gasteiger partial charge in [-0.2, -0.15) is 0 Å². The van der Waals surface area contributed by atoms with E-state index in [-0.39, 0.29) is 0 Å². The molecular formula is C14H25N. The highest BCUT2D eigenvalue weighted by Crippen LogP contribution is 2.29. The predicted octanol–water partition coefficient (Wildman–Crippen LogP) is 3.35. The summed E-state index contributed by atoms with van der Waals surface area (Å²) in [4.78, 5) is 0. The maximum atomic E-state index is 3.63. The van der Waals surface area contributed by atoms with Gasteiger partial charge in [-0.3, -0.25) is 0 Å². The molecule has 1 fully saturated rings. The topological polar surface area (TPSA) is 12.0 Å². The molecule has 1 aliphatic rings. The Kier molecular flexibility index (Phi) is 6.52. The summed E-state index contributed by atoms with van der Waals surface area (Å²) in [5.74, 6) is 7.20. The van der Waals surface area contributed by atoms with E-state index in [4.69, 9.17) is 0 Å². The molecule has 0 radical (unpaired) electrons. The van der Waals surface area contributed by atoms with Gasteiger partial charge in [0.15, 0.2) is 0 Å². The fourth-order valence-corrected chi connectivity index (χ4v) is 2.46. The van der Waals surface area contributed by atoms with Gasteiger partial charge in [0.2, 0.25) is 0 Å². The third-order valence-corrected chi connectivity index (χ3v) is 3.30. The summed E-state index contributed by atoms with van der Waals surface area (Å²) in [7, 11) is 0. The molecule has 1 aliphatic carbocycles. The molecule has 1 atom stereocenters. The van der Waals surface area contributed by atoms with Crippen LogP contribution >= 0.6 is 0 Å². The largest absolute Gasteiger partial charge is 0.313 e. The Morgan fingerprint density at radius 1 is 1.33 bits per heavy atom. The summed E-state index contributed by atoms with van der Waals surface area (Å²) in [6, 6.07) is 0.639. The Labute approximate surface area is 95.0 Å². The Morgan fingerprint density at radius 3 is 2.67 bits per heavy atom. The molecule has 0 aromatic heterocycles. The molecule has 0 aromatic carbocycles. The van der Waals surface area contributed by atoms with Crippen molar-refractivity contribution in [1.82, 2.24) is 5.32 Å². The summed E-state index contributed by atoms with van der Waals surface area (Å²) in [6.07, 6.45) is 9.39. The minimum absolute atomic E-state index is 0.639. The Balaban J connectivity index is 2.28. The smallest absolute Gasteiger partial charge is 0.0243 e. The molecule has 1 heteroatoms. The monoisotopic (exact) mass is 207 g/mol. The highest BCUT2D eigenvalue weighted by Gasteiger charge is 2.19. The first-order valence-electron chi connectivity index (χ1n) is 6.49. The van der Waals surface area contributed by atoms with Crippen LogP contribution in [0.1, 0.15) is 58.8 Å². The fraction of sp³-hybridized carbons (Fsp3) is 0.857. The molecule has 0 aliphatic heterocycles. The van der Waals surface area contributed by atoms with Gasteiger partial charge >= 0.3 is 0 Å². The molecule has 0 aromatic rings. The molecule has 0 bridgehead atoms. The fourth-order valence-electron chi connectivity index (χ4n) is 2.46. The number of nitrogens with one attached hydrogen (secondary N) is 1. The third-order valence-electron chi connectivity index (χ3n) is 3.30. The van der Waals surface area contributed by atoms with Gasteiger partial charge < -0.3 is 5.32 Å². The van der Waals surface area contributed by atoms with Crippen molar-refractivity contribution in [2.24, 2.45) is 5.92 Å². The Bertz CT molecular complexity index is 205. The van der Waals surface area contributed by atoms with Crippen LogP contribution in [0.3, 0.4) is 0 Å². The predicted molar refractivity (Wildman–Crippen MR) is 66.7 cm³/mol. The summed E-state index contributed by atoms with van der Waals surface area (Å²) >= 11 is 0. The average Bonchev–Trinajstić information content (AvgIpc) is 2.74. The number of hydrogen-bond acceptors (Lipinski definition) is 1. The second-order valence-corrected chi connectivity index (χ2v) is 4.67. The van der Waals surface area contributed by atoms with Crippen LogP contribution in [0, 0.1) is 17.8 Å². The second kappa shape index (κ2) is 7.77. The number of hydrogen-bond donors (Lipinski definition) is 1. The van der Waals surface area contributed by atoms with E-state index in [2.05, 4.69) is 24.1 Å². The van der Waals surface area contributed by atoms with Crippen molar-refractivity contribution in [3.8, 4) is 11.8 Å². The van der Waals surface area contributed by atoms with Crippen LogP contribution < -0.4 is 5.32 Å². The van der Waals surface area contributed by atoms with Gasteiger partial charge in [0, 0.05) is 12.5 Å². The highest BCUT2D eigenvalue weighted by atomic mass is 14.9. The minimum atomic E-state index is 0.639. The van der Waals surface area contributed by atoms with Gasteiger partial charge in [-0.15, -0.1) is 11.8 Å². The van der Waals surface area contributed by atoms with Crippen LogP contribution in [-0.2, 0) is 0 Å². The molecule has 1 rings (SSSR count). The van der Waals surface area contributed by atoms with Gasteiger partial charge in [-0.05, 0) is 32.2 Å². The first-order valence-corrected chi connectivity index (χ1v) is 6.49. The van der Waals surface area contributed by atoms with E-state index in [1.807, 2.05) is 6.92 Å². The van der Waals surface area contributed by atoms with E-state index in [1.54, 1.807) is 0 Å². The van der Waals surface area contributed by atoms with E-state index in [9.17, 15) is 0 Å². The molecule has 0 spiro atoms. The summed E-state index contributed by atoms with van der Waals surface area (Å²) in [5, 5.41) is 3.63. The van der Waals surface area contributed by atoms with Crippen molar-refractivity contribution < 1.29 is 0 Å². The zero-order valence-corrected chi connectivity index (χ0v) is 10.3. The molecule has 86 valence electrons. The summed E-state index contributed by atoms with van der Waals surface area (Å²) < 4.78 is 0.